The number of hydrogen-bond donors (Lipinski definition) is 0. The summed E-state index contributed by atoms with van der Waals surface area (Å²) in [7, 11) is 0. The lowest BCUT2D eigenvalue weighted by Crippen LogP contribution is -1.88. The number of fused-ring (bicyclic) bond motifs is 2. The molecule has 0 nitrogen and oxygen atoms in total. The molecule has 0 aliphatic heterocycles. The summed E-state index contributed by atoms with van der Waals surface area (Å²) in [6, 6.07) is 29.7. The van der Waals surface area contributed by atoms with Crippen LogP contribution in [-0.2, 0) is 6.42 Å². The van der Waals surface area contributed by atoms with Gasteiger partial charge in [0.05, 0.1) is 0 Å². The molecule has 0 saturated heterocycles. The van der Waals surface area contributed by atoms with E-state index in [1.54, 1.807) is 0 Å². The second kappa shape index (κ2) is 7.66. The van der Waals surface area contributed by atoms with E-state index in [-0.39, 0.29) is 0 Å². The summed E-state index contributed by atoms with van der Waals surface area (Å²) in [5.41, 5.74) is 1.38. The maximum Gasteiger partial charge on any atom is 0.0352 e. The van der Waals surface area contributed by atoms with E-state index in [1.165, 1.54) is 90.5 Å². The molecule has 0 bridgehead atoms. The summed E-state index contributed by atoms with van der Waals surface area (Å²) in [5, 5.41) is 10.9. The van der Waals surface area contributed by atoms with Crippen LogP contribution in [0.5, 0.6) is 0 Å². The van der Waals surface area contributed by atoms with Gasteiger partial charge in [0.15, 0.2) is 0 Å². The second-order valence-electron chi connectivity index (χ2n) is 8.71. The lowest BCUT2D eigenvalue weighted by atomic mass is 9.88. The maximum absolute atomic E-state index is 2.43. The SMILES string of the molecule is CCCCCCc1ccc(-c2cc3cc4ccccc4c4ccc5cccc2c5c34)s1. The van der Waals surface area contributed by atoms with E-state index in [4.69, 9.17) is 0 Å². The Morgan fingerprint density at radius 2 is 1.45 bits per heavy atom. The van der Waals surface area contributed by atoms with Crippen LogP contribution in [-0.4, -0.2) is 0 Å². The first-order valence-electron chi connectivity index (χ1n) is 11.5. The minimum atomic E-state index is 1.21. The molecule has 0 amide bonds. The third kappa shape index (κ3) is 3.11. The van der Waals surface area contributed by atoms with Crippen LogP contribution in [0.25, 0.3) is 53.5 Å². The summed E-state index contributed by atoms with van der Waals surface area (Å²) < 4.78 is 0. The summed E-state index contributed by atoms with van der Waals surface area (Å²) in [4.78, 5) is 2.91. The van der Waals surface area contributed by atoms with Gasteiger partial charge in [0, 0.05) is 15.3 Å². The normalized spacial score (nSPS) is 12.0. The molecule has 6 aromatic rings. The summed E-state index contributed by atoms with van der Waals surface area (Å²) in [6.07, 6.45) is 6.50. The molecule has 5 aromatic carbocycles. The van der Waals surface area contributed by atoms with Crippen LogP contribution >= 0.6 is 11.3 Å². The van der Waals surface area contributed by atoms with Crippen molar-refractivity contribution in [2.45, 2.75) is 39.0 Å². The van der Waals surface area contributed by atoms with E-state index in [0.717, 1.165) is 0 Å². The molecule has 0 aliphatic rings. The molecule has 1 aromatic heterocycles. The fourth-order valence-electron chi connectivity index (χ4n) is 5.17. The first-order chi connectivity index (χ1) is 15.3. The van der Waals surface area contributed by atoms with Crippen molar-refractivity contribution in [3.05, 3.63) is 83.7 Å². The van der Waals surface area contributed by atoms with E-state index >= 15 is 0 Å². The Balaban J connectivity index is 1.57. The van der Waals surface area contributed by atoms with Gasteiger partial charge in [-0.15, -0.1) is 11.3 Å². The lowest BCUT2D eigenvalue weighted by Gasteiger charge is -2.16. The van der Waals surface area contributed by atoms with Crippen LogP contribution in [0.4, 0.5) is 0 Å². The van der Waals surface area contributed by atoms with Crippen molar-refractivity contribution in [3.63, 3.8) is 0 Å². The highest BCUT2D eigenvalue weighted by Gasteiger charge is 2.15. The van der Waals surface area contributed by atoms with Crippen LogP contribution in [0.1, 0.15) is 37.5 Å². The zero-order valence-electron chi connectivity index (χ0n) is 17.9. The van der Waals surface area contributed by atoms with Crippen LogP contribution in [0.15, 0.2) is 78.9 Å². The fourth-order valence-corrected chi connectivity index (χ4v) is 6.25. The molecule has 0 saturated carbocycles. The zero-order chi connectivity index (χ0) is 20.8. The molecule has 0 atom stereocenters. The van der Waals surface area contributed by atoms with Gasteiger partial charge in [-0.2, -0.15) is 0 Å². The van der Waals surface area contributed by atoms with Gasteiger partial charge in [0.2, 0.25) is 0 Å². The van der Waals surface area contributed by atoms with Crippen molar-refractivity contribution >= 4 is 54.4 Å². The largest absolute Gasteiger partial charge is 0.140 e. The number of benzene rings is 5. The number of unbranched alkanes of at least 4 members (excludes halogenated alkanes) is 3. The number of aryl methyl sites for hydroxylation is 1. The molecule has 0 spiro atoms. The smallest absolute Gasteiger partial charge is 0.0352 e. The van der Waals surface area contributed by atoms with Crippen molar-refractivity contribution in [1.29, 1.82) is 0 Å². The molecule has 0 radical (unpaired) electrons. The molecule has 152 valence electrons. The molecule has 0 aliphatic carbocycles. The molecular weight excluding hydrogens is 392 g/mol. The standard InChI is InChI=1S/C30H26S/c1-2-3-4-5-11-23-15-17-28(31-23)27-19-22-18-21-9-6-7-12-24(21)26-16-14-20-10-8-13-25(27)29(20)30(22)26/h6-10,12-19H,2-5,11H2,1H3. The zero-order valence-corrected chi connectivity index (χ0v) is 18.8. The van der Waals surface area contributed by atoms with E-state index in [9.17, 15) is 0 Å². The first-order valence-corrected chi connectivity index (χ1v) is 12.3. The van der Waals surface area contributed by atoms with Gasteiger partial charge in [-0.3, -0.25) is 0 Å². The summed E-state index contributed by atoms with van der Waals surface area (Å²) >= 11 is 1.98. The lowest BCUT2D eigenvalue weighted by molar-refractivity contribution is 0.670. The Hall–Kier alpha value is -2.90. The number of rotatable bonds is 6. The van der Waals surface area contributed by atoms with Crippen LogP contribution in [0, 0.1) is 0 Å². The molecule has 1 heterocycles. The van der Waals surface area contributed by atoms with Gasteiger partial charge in [-0.1, -0.05) is 80.8 Å². The van der Waals surface area contributed by atoms with Gasteiger partial charge >= 0.3 is 0 Å². The predicted molar refractivity (Wildman–Crippen MR) is 139 cm³/mol. The number of thiophene rings is 1. The predicted octanol–water partition coefficient (Wildman–Crippen LogP) is 9.59. The van der Waals surface area contributed by atoms with Gasteiger partial charge in [-0.25, -0.2) is 0 Å². The molecule has 0 fully saturated rings. The average molecular weight is 419 g/mol. The molecule has 6 rings (SSSR count). The van der Waals surface area contributed by atoms with Gasteiger partial charge in [-0.05, 0) is 80.2 Å². The Labute approximate surface area is 187 Å². The number of hydrogen-bond acceptors (Lipinski definition) is 1. The quantitative estimate of drug-likeness (QED) is 0.143. The molecule has 0 unspecified atom stereocenters. The first kappa shape index (κ1) is 18.8. The van der Waals surface area contributed by atoms with Crippen molar-refractivity contribution in [2.75, 3.05) is 0 Å². The van der Waals surface area contributed by atoms with Crippen molar-refractivity contribution < 1.29 is 0 Å². The van der Waals surface area contributed by atoms with Crippen molar-refractivity contribution in [2.24, 2.45) is 0 Å². The molecular formula is C30H26S. The van der Waals surface area contributed by atoms with E-state index < -0.39 is 0 Å². The molecule has 31 heavy (non-hydrogen) atoms. The Morgan fingerprint density at radius 1 is 0.613 bits per heavy atom. The van der Waals surface area contributed by atoms with Gasteiger partial charge < -0.3 is 0 Å². The minimum Gasteiger partial charge on any atom is -0.140 e. The minimum absolute atomic E-state index is 1.21. The van der Waals surface area contributed by atoms with Crippen LogP contribution < -0.4 is 0 Å². The van der Waals surface area contributed by atoms with Crippen molar-refractivity contribution in [1.82, 2.24) is 0 Å². The Kier molecular flexibility index (Phi) is 4.65. The molecule has 0 N–H and O–H groups in total. The van der Waals surface area contributed by atoms with Gasteiger partial charge in [0.1, 0.15) is 0 Å². The van der Waals surface area contributed by atoms with Crippen LogP contribution in [0.3, 0.4) is 0 Å². The highest BCUT2D eigenvalue weighted by molar-refractivity contribution is 7.15. The van der Waals surface area contributed by atoms with E-state index in [0.29, 0.717) is 0 Å². The highest BCUT2D eigenvalue weighted by Crippen LogP contribution is 2.44. The topological polar surface area (TPSA) is 0 Å². The summed E-state index contributed by atoms with van der Waals surface area (Å²) in [5.74, 6) is 0. The second-order valence-corrected chi connectivity index (χ2v) is 9.88. The highest BCUT2D eigenvalue weighted by atomic mass is 32.1. The monoisotopic (exact) mass is 418 g/mol. The van der Waals surface area contributed by atoms with E-state index in [1.807, 2.05) is 11.3 Å². The molecule has 1 heteroatoms. The fraction of sp³-hybridized carbons (Fsp3) is 0.200. The third-order valence-corrected chi connectivity index (χ3v) is 7.87. The average Bonchev–Trinajstić information content (AvgIpc) is 3.28. The third-order valence-electron chi connectivity index (χ3n) is 6.69. The Morgan fingerprint density at radius 3 is 2.39 bits per heavy atom. The Bertz CT molecular complexity index is 1520. The van der Waals surface area contributed by atoms with Gasteiger partial charge in [0.25, 0.3) is 0 Å². The van der Waals surface area contributed by atoms with Crippen LogP contribution in [0.2, 0.25) is 0 Å². The van der Waals surface area contributed by atoms with Crippen molar-refractivity contribution in [3.8, 4) is 10.4 Å². The van der Waals surface area contributed by atoms with E-state index in [2.05, 4.69) is 85.8 Å². The maximum atomic E-state index is 2.43. The summed E-state index contributed by atoms with van der Waals surface area (Å²) in [6.45, 7) is 2.28.